The lowest BCUT2D eigenvalue weighted by molar-refractivity contribution is 0.194. The van der Waals surface area contributed by atoms with Crippen LogP contribution in [0.5, 0.6) is 5.75 Å². The second-order valence-electron chi connectivity index (χ2n) is 7.11. The standard InChI is InChI=1S/C22H21FN4O/c1-28-14-6-7-17(18(23)12-14)22-21-16(15-4-2-3-5-19(15)26-21)8-11-27(22)13-20-24-9-10-25-20/h2-7,9-10,12,22,26H,8,11,13H2,1H3,(H,24,25). The highest BCUT2D eigenvalue weighted by Crippen LogP contribution is 2.40. The molecule has 3 heterocycles. The number of para-hydroxylation sites is 1. The Bertz CT molecular complexity index is 1120. The van der Waals surface area contributed by atoms with Crippen LogP contribution in [0.1, 0.15) is 28.7 Å². The summed E-state index contributed by atoms with van der Waals surface area (Å²) in [5.41, 5.74) is 4.06. The van der Waals surface area contributed by atoms with E-state index in [1.165, 1.54) is 17.0 Å². The van der Waals surface area contributed by atoms with Gasteiger partial charge < -0.3 is 14.7 Å². The van der Waals surface area contributed by atoms with Gasteiger partial charge >= 0.3 is 0 Å². The van der Waals surface area contributed by atoms with E-state index in [9.17, 15) is 0 Å². The van der Waals surface area contributed by atoms with Crippen LogP contribution in [0.4, 0.5) is 4.39 Å². The summed E-state index contributed by atoms with van der Waals surface area (Å²) < 4.78 is 20.3. The Balaban J connectivity index is 1.65. The molecule has 1 aliphatic rings. The Hall–Kier alpha value is -3.12. The van der Waals surface area contributed by atoms with Crippen LogP contribution in [0.2, 0.25) is 0 Å². The summed E-state index contributed by atoms with van der Waals surface area (Å²) in [5, 5.41) is 1.22. The summed E-state index contributed by atoms with van der Waals surface area (Å²) in [6.45, 7) is 1.45. The zero-order valence-electron chi connectivity index (χ0n) is 15.6. The SMILES string of the molecule is COc1ccc(C2c3[nH]c4ccccc4c3CCN2Cc2ncc[nH]2)c(F)c1. The fraction of sp³-hybridized carbons (Fsp3) is 0.227. The van der Waals surface area contributed by atoms with Crippen molar-refractivity contribution in [2.75, 3.05) is 13.7 Å². The molecule has 1 aliphatic heterocycles. The average molecular weight is 376 g/mol. The van der Waals surface area contributed by atoms with E-state index in [1.807, 2.05) is 24.4 Å². The van der Waals surface area contributed by atoms with Gasteiger partial charge in [-0.2, -0.15) is 0 Å². The molecule has 1 unspecified atom stereocenters. The molecule has 0 saturated heterocycles. The zero-order chi connectivity index (χ0) is 19.1. The second-order valence-corrected chi connectivity index (χ2v) is 7.11. The van der Waals surface area contributed by atoms with Gasteiger partial charge in [-0.3, -0.25) is 4.90 Å². The van der Waals surface area contributed by atoms with Crippen LogP contribution < -0.4 is 4.74 Å². The third-order valence-corrected chi connectivity index (χ3v) is 5.54. The number of ether oxygens (including phenoxy) is 1. The van der Waals surface area contributed by atoms with E-state index >= 15 is 4.39 Å². The van der Waals surface area contributed by atoms with Gasteiger partial charge in [0.15, 0.2) is 0 Å². The highest BCUT2D eigenvalue weighted by molar-refractivity contribution is 5.85. The van der Waals surface area contributed by atoms with Gasteiger partial charge in [0.1, 0.15) is 17.4 Å². The number of aromatic nitrogens is 3. The van der Waals surface area contributed by atoms with E-state index in [0.717, 1.165) is 30.0 Å². The first-order chi connectivity index (χ1) is 13.7. The normalized spacial score (nSPS) is 17.0. The van der Waals surface area contributed by atoms with Crippen molar-refractivity contribution >= 4 is 10.9 Å². The highest BCUT2D eigenvalue weighted by atomic mass is 19.1. The fourth-order valence-corrected chi connectivity index (χ4v) is 4.25. The average Bonchev–Trinajstić information content (AvgIpc) is 3.35. The third kappa shape index (κ3) is 2.77. The maximum atomic E-state index is 15.1. The summed E-state index contributed by atoms with van der Waals surface area (Å²) >= 11 is 0. The molecule has 0 radical (unpaired) electrons. The minimum absolute atomic E-state index is 0.216. The number of aromatic amines is 2. The lowest BCUT2D eigenvalue weighted by Crippen LogP contribution is -2.36. The van der Waals surface area contributed by atoms with E-state index < -0.39 is 0 Å². The lowest BCUT2D eigenvalue weighted by Gasteiger charge is -2.35. The number of nitrogens with one attached hydrogen (secondary N) is 2. The molecule has 5 rings (SSSR count). The smallest absolute Gasteiger partial charge is 0.132 e. The number of fused-ring (bicyclic) bond motifs is 3. The summed E-state index contributed by atoms with van der Waals surface area (Å²) in [4.78, 5) is 13.4. The molecule has 4 aromatic rings. The number of imidazole rings is 1. The molecule has 0 amide bonds. The van der Waals surface area contributed by atoms with E-state index in [4.69, 9.17) is 4.74 Å². The molecule has 0 fully saturated rings. The first-order valence-corrected chi connectivity index (χ1v) is 9.40. The van der Waals surface area contributed by atoms with Crippen molar-refractivity contribution in [2.45, 2.75) is 19.0 Å². The monoisotopic (exact) mass is 376 g/mol. The summed E-state index contributed by atoms with van der Waals surface area (Å²) in [6, 6.07) is 13.2. The van der Waals surface area contributed by atoms with Crippen LogP contribution in [-0.2, 0) is 13.0 Å². The molecule has 5 nitrogen and oxygen atoms in total. The highest BCUT2D eigenvalue weighted by Gasteiger charge is 2.33. The maximum absolute atomic E-state index is 15.1. The maximum Gasteiger partial charge on any atom is 0.132 e. The topological polar surface area (TPSA) is 56.9 Å². The fourth-order valence-electron chi connectivity index (χ4n) is 4.25. The molecule has 142 valence electrons. The van der Waals surface area contributed by atoms with Crippen LogP contribution in [0.3, 0.4) is 0 Å². The first-order valence-electron chi connectivity index (χ1n) is 9.40. The van der Waals surface area contributed by atoms with Crippen molar-refractivity contribution in [3.8, 4) is 5.75 Å². The van der Waals surface area contributed by atoms with Gasteiger partial charge in [-0.15, -0.1) is 0 Å². The molecule has 0 spiro atoms. The van der Waals surface area contributed by atoms with Crippen molar-refractivity contribution in [3.05, 3.63) is 83.3 Å². The van der Waals surface area contributed by atoms with Crippen LogP contribution in [-0.4, -0.2) is 33.5 Å². The second kappa shape index (κ2) is 6.80. The predicted octanol–water partition coefficient (Wildman–Crippen LogP) is 4.19. The lowest BCUT2D eigenvalue weighted by atomic mass is 9.92. The van der Waals surface area contributed by atoms with Gasteiger partial charge in [0.05, 0.1) is 19.7 Å². The zero-order valence-corrected chi connectivity index (χ0v) is 15.6. The Morgan fingerprint density at radius 2 is 2.14 bits per heavy atom. The molecular formula is C22H21FN4O. The quantitative estimate of drug-likeness (QED) is 0.562. The van der Waals surface area contributed by atoms with E-state index in [0.29, 0.717) is 17.9 Å². The van der Waals surface area contributed by atoms with Gasteiger partial charge in [0.2, 0.25) is 0 Å². The molecule has 0 bridgehead atoms. The summed E-state index contributed by atoms with van der Waals surface area (Å²) in [7, 11) is 1.55. The minimum Gasteiger partial charge on any atom is -0.497 e. The number of H-pyrrole nitrogens is 2. The molecule has 0 saturated carbocycles. The first kappa shape index (κ1) is 17.0. The molecule has 2 aromatic heterocycles. The van der Waals surface area contributed by atoms with Crippen molar-refractivity contribution in [1.82, 2.24) is 19.9 Å². The molecule has 2 N–H and O–H groups in total. The molecular weight excluding hydrogens is 355 g/mol. The Kier molecular flexibility index (Phi) is 4.13. The Labute approximate surface area is 162 Å². The van der Waals surface area contributed by atoms with Crippen molar-refractivity contribution in [3.63, 3.8) is 0 Å². The van der Waals surface area contributed by atoms with Gasteiger partial charge in [0.25, 0.3) is 0 Å². The van der Waals surface area contributed by atoms with Gasteiger partial charge in [0, 0.05) is 47.2 Å². The largest absolute Gasteiger partial charge is 0.497 e. The molecule has 0 aliphatic carbocycles. The van der Waals surface area contributed by atoms with Crippen LogP contribution in [0.15, 0.2) is 54.9 Å². The number of halogens is 1. The van der Waals surface area contributed by atoms with Crippen LogP contribution in [0.25, 0.3) is 10.9 Å². The molecule has 1 atom stereocenters. The molecule has 6 heteroatoms. The number of rotatable bonds is 4. The van der Waals surface area contributed by atoms with E-state index in [-0.39, 0.29) is 11.9 Å². The number of nitrogens with zero attached hydrogens (tertiary/aromatic N) is 2. The van der Waals surface area contributed by atoms with Crippen LogP contribution >= 0.6 is 0 Å². The number of benzene rings is 2. The van der Waals surface area contributed by atoms with E-state index in [2.05, 4.69) is 38.1 Å². The predicted molar refractivity (Wildman–Crippen MR) is 106 cm³/mol. The number of methoxy groups -OCH3 is 1. The molecule has 2 aromatic carbocycles. The van der Waals surface area contributed by atoms with Gasteiger partial charge in [-0.1, -0.05) is 24.3 Å². The Morgan fingerprint density at radius 3 is 2.93 bits per heavy atom. The summed E-state index contributed by atoms with van der Waals surface area (Å²) in [5.74, 6) is 1.13. The molecule has 28 heavy (non-hydrogen) atoms. The number of hydrogen-bond donors (Lipinski definition) is 2. The minimum atomic E-state index is -0.264. The summed E-state index contributed by atoms with van der Waals surface area (Å²) in [6.07, 6.45) is 4.47. The van der Waals surface area contributed by atoms with Crippen molar-refractivity contribution < 1.29 is 9.13 Å². The van der Waals surface area contributed by atoms with Gasteiger partial charge in [-0.25, -0.2) is 9.37 Å². The van der Waals surface area contributed by atoms with Crippen LogP contribution in [0, 0.1) is 5.82 Å². The van der Waals surface area contributed by atoms with Crippen molar-refractivity contribution in [1.29, 1.82) is 0 Å². The van der Waals surface area contributed by atoms with Crippen molar-refractivity contribution in [2.24, 2.45) is 0 Å². The van der Waals surface area contributed by atoms with E-state index in [1.54, 1.807) is 13.3 Å². The van der Waals surface area contributed by atoms with Gasteiger partial charge in [-0.05, 0) is 24.1 Å². The number of hydrogen-bond acceptors (Lipinski definition) is 3. The Morgan fingerprint density at radius 1 is 1.25 bits per heavy atom. The third-order valence-electron chi connectivity index (χ3n) is 5.54.